The van der Waals surface area contributed by atoms with Crippen LogP contribution in [0, 0.1) is 6.92 Å². The first-order valence-electron chi connectivity index (χ1n) is 6.39. The maximum atomic E-state index is 12.1. The number of benzene rings is 1. The van der Waals surface area contributed by atoms with Crippen molar-refractivity contribution in [1.29, 1.82) is 0 Å². The number of carbonyl (C=O) groups is 2. The third-order valence-corrected chi connectivity index (χ3v) is 4.29. The van der Waals surface area contributed by atoms with Crippen LogP contribution in [-0.2, 0) is 4.79 Å². The topological polar surface area (TPSA) is 58.2 Å². The second-order valence-electron chi connectivity index (χ2n) is 4.57. The number of thiophene rings is 1. The highest BCUT2D eigenvalue weighted by molar-refractivity contribution is 7.12. The van der Waals surface area contributed by atoms with Gasteiger partial charge in [-0.2, -0.15) is 0 Å². The summed E-state index contributed by atoms with van der Waals surface area (Å²) in [4.78, 5) is 24.6. The maximum absolute atomic E-state index is 12.1. The van der Waals surface area contributed by atoms with Crippen LogP contribution < -0.4 is 10.6 Å². The molecule has 6 heteroatoms. The van der Waals surface area contributed by atoms with Gasteiger partial charge < -0.3 is 10.6 Å². The molecule has 21 heavy (non-hydrogen) atoms. The summed E-state index contributed by atoms with van der Waals surface area (Å²) >= 11 is 7.34. The fourth-order valence-corrected chi connectivity index (χ4v) is 2.53. The molecule has 1 heterocycles. The normalized spacial score (nSPS) is 11.8. The lowest BCUT2D eigenvalue weighted by Gasteiger charge is -2.15. The fraction of sp³-hybridized carbons (Fsp3) is 0.200. The van der Waals surface area contributed by atoms with Crippen LogP contribution in [0.1, 0.15) is 22.2 Å². The molecule has 0 saturated heterocycles. The van der Waals surface area contributed by atoms with Crippen molar-refractivity contribution < 1.29 is 9.59 Å². The van der Waals surface area contributed by atoms with Crippen molar-refractivity contribution in [2.75, 3.05) is 5.32 Å². The Balaban J connectivity index is 2.00. The molecule has 0 saturated carbocycles. The van der Waals surface area contributed by atoms with Gasteiger partial charge in [-0.25, -0.2) is 0 Å². The molecule has 0 aliphatic carbocycles. The van der Waals surface area contributed by atoms with Crippen molar-refractivity contribution in [2.24, 2.45) is 0 Å². The number of hydrogen-bond donors (Lipinski definition) is 2. The van der Waals surface area contributed by atoms with Gasteiger partial charge in [-0.3, -0.25) is 9.59 Å². The average molecular weight is 323 g/mol. The molecule has 2 amide bonds. The van der Waals surface area contributed by atoms with Gasteiger partial charge in [0, 0.05) is 10.7 Å². The van der Waals surface area contributed by atoms with E-state index in [1.807, 2.05) is 12.3 Å². The first kappa shape index (κ1) is 15.5. The van der Waals surface area contributed by atoms with Crippen molar-refractivity contribution in [3.63, 3.8) is 0 Å². The van der Waals surface area contributed by atoms with Gasteiger partial charge in [-0.15, -0.1) is 11.3 Å². The molecule has 110 valence electrons. The predicted molar refractivity (Wildman–Crippen MR) is 86.1 cm³/mol. The number of nitrogens with one attached hydrogen (secondary N) is 2. The van der Waals surface area contributed by atoms with Crippen molar-refractivity contribution in [1.82, 2.24) is 5.32 Å². The molecule has 2 N–H and O–H groups in total. The summed E-state index contributed by atoms with van der Waals surface area (Å²) in [6, 6.07) is 8.16. The number of halogens is 1. The quantitative estimate of drug-likeness (QED) is 0.905. The van der Waals surface area contributed by atoms with Gasteiger partial charge in [-0.1, -0.05) is 23.7 Å². The van der Waals surface area contributed by atoms with E-state index in [1.165, 1.54) is 11.3 Å². The van der Waals surface area contributed by atoms with Crippen LogP contribution in [-0.4, -0.2) is 17.9 Å². The van der Waals surface area contributed by atoms with E-state index in [9.17, 15) is 9.59 Å². The Kier molecular flexibility index (Phi) is 4.98. The number of carbonyl (C=O) groups excluding carboxylic acids is 2. The molecule has 2 aromatic rings. The molecule has 0 radical (unpaired) electrons. The molecule has 0 aliphatic rings. The molecular formula is C15H15ClN2O2S. The van der Waals surface area contributed by atoms with Gasteiger partial charge in [0.15, 0.2) is 0 Å². The number of anilines is 1. The van der Waals surface area contributed by atoms with Crippen LogP contribution in [0.5, 0.6) is 0 Å². The highest BCUT2D eigenvalue weighted by Gasteiger charge is 2.18. The summed E-state index contributed by atoms with van der Waals surface area (Å²) in [5.41, 5.74) is 1.44. The molecular weight excluding hydrogens is 308 g/mol. The van der Waals surface area contributed by atoms with E-state index >= 15 is 0 Å². The van der Waals surface area contributed by atoms with Gasteiger partial charge in [0.25, 0.3) is 5.91 Å². The van der Waals surface area contributed by atoms with Crippen LogP contribution >= 0.6 is 22.9 Å². The van der Waals surface area contributed by atoms with Crippen LogP contribution in [0.3, 0.4) is 0 Å². The smallest absolute Gasteiger partial charge is 0.261 e. The molecule has 4 nitrogen and oxygen atoms in total. The van der Waals surface area contributed by atoms with E-state index in [-0.39, 0.29) is 11.8 Å². The monoisotopic (exact) mass is 322 g/mol. The Labute approximate surface area is 132 Å². The third-order valence-electron chi connectivity index (χ3n) is 3.01. The fourth-order valence-electron chi connectivity index (χ4n) is 1.72. The van der Waals surface area contributed by atoms with E-state index in [0.717, 1.165) is 5.56 Å². The number of hydrogen-bond acceptors (Lipinski definition) is 3. The molecule has 1 unspecified atom stereocenters. The zero-order chi connectivity index (χ0) is 15.4. The molecule has 0 bridgehead atoms. The van der Waals surface area contributed by atoms with Gasteiger partial charge in [0.05, 0.1) is 4.88 Å². The van der Waals surface area contributed by atoms with Crippen molar-refractivity contribution >= 4 is 40.4 Å². The van der Waals surface area contributed by atoms with Crippen LogP contribution in [0.15, 0.2) is 35.7 Å². The van der Waals surface area contributed by atoms with E-state index in [4.69, 9.17) is 11.6 Å². The average Bonchev–Trinajstić information content (AvgIpc) is 2.98. The first-order chi connectivity index (χ1) is 9.99. The minimum absolute atomic E-state index is 0.254. The van der Waals surface area contributed by atoms with Gasteiger partial charge in [0.2, 0.25) is 5.91 Å². The van der Waals surface area contributed by atoms with E-state index in [0.29, 0.717) is 15.6 Å². The van der Waals surface area contributed by atoms with E-state index in [1.54, 1.807) is 37.3 Å². The Hall–Kier alpha value is -1.85. The molecule has 0 fully saturated rings. The number of amides is 2. The van der Waals surface area contributed by atoms with Crippen LogP contribution in [0.4, 0.5) is 5.69 Å². The second-order valence-corrected chi connectivity index (χ2v) is 5.93. The standard InChI is InChI=1S/C15H15ClN2O2S/c1-9-11(16)5-3-6-12(9)18-14(19)10(2)17-15(20)13-7-4-8-21-13/h3-8,10H,1-2H3,(H,17,20)(H,18,19). The summed E-state index contributed by atoms with van der Waals surface area (Å²) in [5, 5.41) is 7.83. The third kappa shape index (κ3) is 3.83. The Morgan fingerprint density at radius 1 is 1.24 bits per heavy atom. The summed E-state index contributed by atoms with van der Waals surface area (Å²) in [6.07, 6.45) is 0. The van der Waals surface area contributed by atoms with Crippen molar-refractivity contribution in [3.8, 4) is 0 Å². The highest BCUT2D eigenvalue weighted by Crippen LogP contribution is 2.23. The zero-order valence-electron chi connectivity index (χ0n) is 11.6. The predicted octanol–water partition coefficient (Wildman–Crippen LogP) is 3.47. The Morgan fingerprint density at radius 2 is 2.00 bits per heavy atom. The second kappa shape index (κ2) is 6.74. The maximum Gasteiger partial charge on any atom is 0.261 e. The molecule has 0 spiro atoms. The minimum Gasteiger partial charge on any atom is -0.340 e. The number of rotatable bonds is 4. The lowest BCUT2D eigenvalue weighted by Crippen LogP contribution is -2.41. The largest absolute Gasteiger partial charge is 0.340 e. The molecule has 2 rings (SSSR count). The molecule has 0 aliphatic heterocycles. The zero-order valence-corrected chi connectivity index (χ0v) is 13.2. The first-order valence-corrected chi connectivity index (χ1v) is 7.65. The summed E-state index contributed by atoms with van der Waals surface area (Å²) in [7, 11) is 0. The van der Waals surface area contributed by atoms with E-state index < -0.39 is 6.04 Å². The lowest BCUT2D eigenvalue weighted by atomic mass is 10.2. The summed E-state index contributed by atoms with van der Waals surface area (Å²) < 4.78 is 0. The molecule has 1 aromatic heterocycles. The van der Waals surface area contributed by atoms with Gasteiger partial charge in [-0.05, 0) is 43.0 Å². The SMILES string of the molecule is Cc1c(Cl)cccc1NC(=O)C(C)NC(=O)c1cccs1. The lowest BCUT2D eigenvalue weighted by molar-refractivity contribution is -0.117. The van der Waals surface area contributed by atoms with Crippen LogP contribution in [0.25, 0.3) is 0 Å². The molecule has 1 aromatic carbocycles. The highest BCUT2D eigenvalue weighted by atomic mass is 35.5. The van der Waals surface area contributed by atoms with E-state index in [2.05, 4.69) is 10.6 Å². The minimum atomic E-state index is -0.641. The summed E-state index contributed by atoms with van der Waals surface area (Å²) in [6.45, 7) is 3.47. The van der Waals surface area contributed by atoms with Gasteiger partial charge in [0.1, 0.15) is 6.04 Å². The molecule has 1 atom stereocenters. The Morgan fingerprint density at radius 3 is 2.67 bits per heavy atom. The van der Waals surface area contributed by atoms with Crippen molar-refractivity contribution in [3.05, 3.63) is 51.2 Å². The summed E-state index contributed by atoms with van der Waals surface area (Å²) in [5.74, 6) is -0.541. The van der Waals surface area contributed by atoms with Crippen molar-refractivity contribution in [2.45, 2.75) is 19.9 Å². The Bertz CT molecular complexity index is 656. The van der Waals surface area contributed by atoms with Crippen LogP contribution in [0.2, 0.25) is 5.02 Å². The van der Waals surface area contributed by atoms with Gasteiger partial charge >= 0.3 is 0 Å².